The Bertz CT molecular complexity index is 622. The minimum Gasteiger partial charge on any atom is -0.389 e. The standard InChI is InChI=1S/C15H22N2O2S2/c1-15(2)9-3-4-13(15)17-21(18,19)10-11-5-7-12(8-6-11)14(16)20/h5-8,13,17H,3-4,9-10H2,1-2H3,(H2,16,20). The van der Waals surface area contributed by atoms with Crippen LogP contribution in [0.1, 0.15) is 44.2 Å². The highest BCUT2D eigenvalue weighted by molar-refractivity contribution is 7.88. The first-order valence-corrected chi connectivity index (χ1v) is 9.14. The summed E-state index contributed by atoms with van der Waals surface area (Å²) >= 11 is 4.88. The number of benzene rings is 1. The molecule has 6 heteroatoms. The number of thiocarbonyl (C=S) groups is 1. The summed E-state index contributed by atoms with van der Waals surface area (Å²) in [5.74, 6) is -0.0167. The van der Waals surface area contributed by atoms with Gasteiger partial charge in [0, 0.05) is 11.6 Å². The van der Waals surface area contributed by atoms with Gasteiger partial charge in [0.1, 0.15) is 4.99 Å². The Balaban J connectivity index is 2.05. The topological polar surface area (TPSA) is 72.2 Å². The molecule has 0 radical (unpaired) electrons. The Morgan fingerprint density at radius 1 is 1.38 bits per heavy atom. The van der Waals surface area contributed by atoms with Gasteiger partial charge in [-0.2, -0.15) is 0 Å². The van der Waals surface area contributed by atoms with Crippen LogP contribution in [-0.2, 0) is 15.8 Å². The highest BCUT2D eigenvalue weighted by Gasteiger charge is 2.36. The zero-order chi connectivity index (χ0) is 15.7. The lowest BCUT2D eigenvalue weighted by Crippen LogP contribution is -2.41. The van der Waals surface area contributed by atoms with Crippen LogP contribution in [0.25, 0.3) is 0 Å². The average Bonchev–Trinajstić information content (AvgIpc) is 2.68. The van der Waals surface area contributed by atoms with Crippen LogP contribution in [0.2, 0.25) is 0 Å². The van der Waals surface area contributed by atoms with Crippen LogP contribution in [0.3, 0.4) is 0 Å². The van der Waals surface area contributed by atoms with Gasteiger partial charge in [0.15, 0.2) is 0 Å². The predicted octanol–water partition coefficient (Wildman–Crippen LogP) is 2.32. The van der Waals surface area contributed by atoms with Gasteiger partial charge in [-0.3, -0.25) is 0 Å². The van der Waals surface area contributed by atoms with Crippen LogP contribution in [0, 0.1) is 5.41 Å². The van der Waals surface area contributed by atoms with Crippen molar-refractivity contribution in [2.75, 3.05) is 0 Å². The summed E-state index contributed by atoms with van der Waals surface area (Å²) in [7, 11) is -3.34. The Kier molecular flexibility index (Phi) is 4.70. The highest BCUT2D eigenvalue weighted by Crippen LogP contribution is 2.37. The maximum Gasteiger partial charge on any atom is 0.216 e. The summed E-state index contributed by atoms with van der Waals surface area (Å²) in [4.78, 5) is 0.315. The van der Waals surface area contributed by atoms with Crippen LogP contribution in [0.4, 0.5) is 0 Å². The lowest BCUT2D eigenvalue weighted by Gasteiger charge is -2.27. The molecule has 0 aromatic heterocycles. The molecule has 1 aliphatic rings. The first kappa shape index (κ1) is 16.4. The molecule has 0 spiro atoms. The Hall–Kier alpha value is -0.980. The maximum absolute atomic E-state index is 12.3. The van der Waals surface area contributed by atoms with Crippen molar-refractivity contribution in [1.82, 2.24) is 4.72 Å². The number of hydrogen-bond donors (Lipinski definition) is 2. The Morgan fingerprint density at radius 3 is 2.48 bits per heavy atom. The molecular formula is C15H22N2O2S2. The van der Waals surface area contributed by atoms with E-state index in [4.69, 9.17) is 18.0 Å². The van der Waals surface area contributed by atoms with Gasteiger partial charge in [-0.05, 0) is 23.8 Å². The van der Waals surface area contributed by atoms with Gasteiger partial charge in [-0.25, -0.2) is 13.1 Å². The molecule has 1 aliphatic carbocycles. The van der Waals surface area contributed by atoms with Crippen LogP contribution in [0.5, 0.6) is 0 Å². The third-order valence-corrected chi connectivity index (χ3v) is 5.77. The quantitative estimate of drug-likeness (QED) is 0.815. The van der Waals surface area contributed by atoms with Crippen molar-refractivity contribution in [2.45, 2.75) is 44.9 Å². The van der Waals surface area contributed by atoms with E-state index >= 15 is 0 Å². The van der Waals surface area contributed by atoms with Crippen molar-refractivity contribution in [3.05, 3.63) is 35.4 Å². The summed E-state index contributed by atoms with van der Waals surface area (Å²) in [5, 5.41) is 0. The number of hydrogen-bond acceptors (Lipinski definition) is 3. The fourth-order valence-electron chi connectivity index (χ4n) is 2.79. The summed E-state index contributed by atoms with van der Waals surface area (Å²) in [5.41, 5.74) is 7.04. The number of nitrogens with one attached hydrogen (secondary N) is 1. The largest absolute Gasteiger partial charge is 0.389 e. The normalized spacial score (nSPS) is 21.3. The van der Waals surface area contributed by atoms with Crippen LogP contribution >= 0.6 is 12.2 Å². The van der Waals surface area contributed by atoms with Crippen LogP contribution in [-0.4, -0.2) is 19.4 Å². The van der Waals surface area contributed by atoms with E-state index in [-0.39, 0.29) is 17.2 Å². The SMILES string of the molecule is CC1(C)CCCC1NS(=O)(=O)Cc1ccc(C(N)=S)cc1. The second-order valence-corrected chi connectivity index (χ2v) is 8.57. The molecule has 4 nitrogen and oxygen atoms in total. The molecule has 3 N–H and O–H groups in total. The minimum absolute atomic E-state index is 0.0167. The Morgan fingerprint density at radius 2 is 2.00 bits per heavy atom. The zero-order valence-electron chi connectivity index (χ0n) is 12.4. The fourth-order valence-corrected chi connectivity index (χ4v) is 4.51. The number of sulfonamides is 1. The molecular weight excluding hydrogens is 304 g/mol. The lowest BCUT2D eigenvalue weighted by atomic mass is 9.88. The lowest BCUT2D eigenvalue weighted by molar-refractivity contribution is 0.313. The smallest absolute Gasteiger partial charge is 0.216 e. The van der Waals surface area contributed by atoms with E-state index in [1.165, 1.54) is 0 Å². The minimum atomic E-state index is -3.34. The number of nitrogens with two attached hydrogens (primary N) is 1. The molecule has 1 aromatic carbocycles. The molecule has 21 heavy (non-hydrogen) atoms. The summed E-state index contributed by atoms with van der Waals surface area (Å²) in [6.45, 7) is 4.23. The summed E-state index contributed by atoms with van der Waals surface area (Å²) < 4.78 is 27.5. The van der Waals surface area contributed by atoms with Gasteiger partial charge in [0.05, 0.1) is 5.75 Å². The van der Waals surface area contributed by atoms with Gasteiger partial charge in [-0.15, -0.1) is 0 Å². The maximum atomic E-state index is 12.3. The molecule has 116 valence electrons. The van der Waals surface area contributed by atoms with Crippen molar-refractivity contribution in [2.24, 2.45) is 11.1 Å². The zero-order valence-corrected chi connectivity index (χ0v) is 14.1. The number of rotatable bonds is 5. The molecule has 2 rings (SSSR count). The van der Waals surface area contributed by atoms with Gasteiger partial charge in [-0.1, -0.05) is 56.8 Å². The van der Waals surface area contributed by atoms with Crippen molar-refractivity contribution in [3.8, 4) is 0 Å². The van der Waals surface area contributed by atoms with Gasteiger partial charge in [0.25, 0.3) is 0 Å². The van der Waals surface area contributed by atoms with E-state index < -0.39 is 10.0 Å². The van der Waals surface area contributed by atoms with E-state index in [9.17, 15) is 8.42 Å². The second-order valence-electron chi connectivity index (χ2n) is 6.37. The molecule has 0 bridgehead atoms. The van der Waals surface area contributed by atoms with E-state index in [0.717, 1.165) is 30.4 Å². The molecule has 0 aliphatic heterocycles. The van der Waals surface area contributed by atoms with Crippen molar-refractivity contribution in [3.63, 3.8) is 0 Å². The molecule has 1 saturated carbocycles. The summed E-state index contributed by atoms with van der Waals surface area (Å²) in [6, 6.07) is 7.05. The van der Waals surface area contributed by atoms with Crippen LogP contribution in [0.15, 0.2) is 24.3 Å². The second kappa shape index (κ2) is 6.02. The summed E-state index contributed by atoms with van der Waals surface area (Å²) in [6.07, 6.45) is 3.04. The monoisotopic (exact) mass is 326 g/mol. The molecule has 1 aromatic rings. The predicted molar refractivity (Wildman–Crippen MR) is 89.5 cm³/mol. The fraction of sp³-hybridized carbons (Fsp3) is 0.533. The Labute approximate surface area is 132 Å². The van der Waals surface area contributed by atoms with E-state index in [2.05, 4.69) is 18.6 Å². The van der Waals surface area contributed by atoms with Crippen molar-refractivity contribution < 1.29 is 8.42 Å². The van der Waals surface area contributed by atoms with Gasteiger partial charge in [0.2, 0.25) is 10.0 Å². The third-order valence-electron chi connectivity index (χ3n) is 4.17. The molecule has 1 unspecified atom stereocenters. The van der Waals surface area contributed by atoms with Crippen molar-refractivity contribution in [1.29, 1.82) is 0 Å². The molecule has 0 saturated heterocycles. The molecule has 0 heterocycles. The molecule has 1 fully saturated rings. The highest BCUT2D eigenvalue weighted by atomic mass is 32.2. The first-order chi connectivity index (χ1) is 9.70. The van der Waals surface area contributed by atoms with Crippen molar-refractivity contribution >= 4 is 27.2 Å². The van der Waals surface area contributed by atoms with Gasteiger partial charge >= 0.3 is 0 Å². The first-order valence-electron chi connectivity index (χ1n) is 7.08. The molecule has 1 atom stereocenters. The van der Waals surface area contributed by atoms with E-state index in [0.29, 0.717) is 4.99 Å². The van der Waals surface area contributed by atoms with Gasteiger partial charge < -0.3 is 5.73 Å². The average molecular weight is 326 g/mol. The molecule has 0 amide bonds. The van der Waals surface area contributed by atoms with E-state index in [1.807, 2.05) is 0 Å². The van der Waals surface area contributed by atoms with E-state index in [1.54, 1.807) is 24.3 Å². The third kappa shape index (κ3) is 4.25. The van der Waals surface area contributed by atoms with Crippen LogP contribution < -0.4 is 10.5 Å².